The number of aromatic nitrogens is 7. The summed E-state index contributed by atoms with van der Waals surface area (Å²) in [4.78, 5) is 65.1. The van der Waals surface area contributed by atoms with Crippen LogP contribution in [0.2, 0.25) is 0 Å². The highest BCUT2D eigenvalue weighted by atomic mass is 79.9. The number of benzene rings is 3. The van der Waals surface area contributed by atoms with Crippen LogP contribution in [-0.4, -0.2) is 52.2 Å². The molecule has 404 valence electrons. The molecular formula is C65H62Br2N10O3. The van der Waals surface area contributed by atoms with Crippen molar-refractivity contribution in [2.75, 3.05) is 16.0 Å². The molecule has 3 aromatic carbocycles. The number of rotatable bonds is 9. The first-order chi connectivity index (χ1) is 38.4. The summed E-state index contributed by atoms with van der Waals surface area (Å²) in [5.74, 6) is 0.558. The molecule has 0 fully saturated rings. The smallest absolute Gasteiger partial charge is 0.167 e. The van der Waals surface area contributed by atoms with Crippen molar-refractivity contribution in [1.82, 2.24) is 34.9 Å². The van der Waals surface area contributed by atoms with Gasteiger partial charge in [-0.15, -0.1) is 0 Å². The molecule has 0 atom stereocenters. The number of carbonyl (C=O) groups is 3. The molecule has 0 bridgehead atoms. The minimum absolute atomic E-state index is 0.0284. The third kappa shape index (κ3) is 11.5. The number of pyridine rings is 3. The van der Waals surface area contributed by atoms with Gasteiger partial charge in [0.1, 0.15) is 0 Å². The molecule has 0 unspecified atom stereocenters. The number of ketones is 3. The number of aromatic amines is 4. The second-order valence-electron chi connectivity index (χ2n) is 23.4. The van der Waals surface area contributed by atoms with Gasteiger partial charge in [-0.25, -0.2) is 0 Å². The summed E-state index contributed by atoms with van der Waals surface area (Å²) in [6, 6.07) is 35.9. The second-order valence-corrected chi connectivity index (χ2v) is 25.1. The van der Waals surface area contributed by atoms with E-state index in [1.807, 2.05) is 109 Å². The lowest BCUT2D eigenvalue weighted by Gasteiger charge is -2.28. The predicted molar refractivity (Wildman–Crippen MR) is 328 cm³/mol. The van der Waals surface area contributed by atoms with Gasteiger partial charge in [0.15, 0.2) is 17.3 Å². The number of H-pyrrole nitrogens is 4. The van der Waals surface area contributed by atoms with Crippen LogP contribution in [0.5, 0.6) is 0 Å². The normalized spacial score (nSPS) is 15.6. The van der Waals surface area contributed by atoms with Gasteiger partial charge in [-0.05, 0) is 148 Å². The van der Waals surface area contributed by atoms with Gasteiger partial charge in [-0.3, -0.25) is 29.3 Å². The third-order valence-electron chi connectivity index (χ3n) is 14.9. The minimum Gasteiger partial charge on any atom is -0.361 e. The largest absolute Gasteiger partial charge is 0.361 e. The van der Waals surface area contributed by atoms with E-state index in [1.54, 1.807) is 37.2 Å². The predicted octanol–water partition coefficient (Wildman–Crippen LogP) is 16.9. The summed E-state index contributed by atoms with van der Waals surface area (Å²) < 4.78 is 1.98. The number of nitrogens with one attached hydrogen (secondary N) is 7. The van der Waals surface area contributed by atoms with Crippen LogP contribution >= 0.6 is 31.9 Å². The molecule has 10 aromatic rings. The van der Waals surface area contributed by atoms with E-state index in [2.05, 4.69) is 130 Å². The Labute approximate surface area is 481 Å². The fourth-order valence-corrected chi connectivity index (χ4v) is 12.0. The maximum atomic E-state index is 13.1. The van der Waals surface area contributed by atoms with E-state index in [0.29, 0.717) is 19.3 Å². The number of Topliss-reactive ketones (excluding diaryl/α,β-unsaturated/α-hetero) is 3. The Kier molecular flexibility index (Phi) is 14.7. The number of para-hydroxylation sites is 1. The van der Waals surface area contributed by atoms with E-state index in [1.165, 1.54) is 0 Å². The van der Waals surface area contributed by atoms with Crippen LogP contribution in [0.3, 0.4) is 0 Å². The SMILES string of the molecule is CC1(C)CC(=O)c2c([nH]c(-c3ccncc3)c2Nc2ccc(Br)cc2)C1.CC1(C)CC(=O)c2c([nH]c(-c3ccncc3)c2Nc2ccc3[nH]ccc3c2)C1.CC1(C)CC(=O)c2c([nH]c(-c3ccncc3)c2Nc2ccccc2Br)C1. The molecule has 13 rings (SSSR count). The van der Waals surface area contributed by atoms with Crippen molar-refractivity contribution < 1.29 is 14.4 Å². The summed E-state index contributed by atoms with van der Waals surface area (Å²) in [6.45, 7) is 12.9. The number of fused-ring (bicyclic) bond motifs is 4. The van der Waals surface area contributed by atoms with E-state index >= 15 is 0 Å². The Morgan fingerprint density at radius 3 is 1.29 bits per heavy atom. The van der Waals surface area contributed by atoms with Gasteiger partial charge in [0.25, 0.3) is 0 Å². The Morgan fingerprint density at radius 2 is 0.850 bits per heavy atom. The van der Waals surface area contributed by atoms with Gasteiger partial charge >= 0.3 is 0 Å². The summed E-state index contributed by atoms with van der Waals surface area (Å²) in [5.41, 5.74) is 17.6. The highest BCUT2D eigenvalue weighted by Crippen LogP contribution is 2.47. The molecule has 15 heteroatoms. The molecule has 0 amide bonds. The zero-order chi connectivity index (χ0) is 55.9. The molecule has 80 heavy (non-hydrogen) atoms. The monoisotopic (exact) mass is 1190 g/mol. The van der Waals surface area contributed by atoms with Crippen LogP contribution in [0, 0.1) is 16.2 Å². The van der Waals surface area contributed by atoms with E-state index in [-0.39, 0.29) is 33.6 Å². The van der Waals surface area contributed by atoms with Gasteiger partial charge in [-0.2, -0.15) is 0 Å². The lowest BCUT2D eigenvalue weighted by molar-refractivity contribution is 0.0903. The fourth-order valence-electron chi connectivity index (χ4n) is 11.4. The minimum atomic E-state index is -0.0360. The standard InChI is InChI=1S/C23H22N4O.2C21H20BrN3O/c1-23(2)12-18-20(19(28)13-23)22(21(27-18)14-5-8-24-9-6-14)26-16-3-4-17-15(11-16)7-10-25-17;1-21(2)11-16-18(17(26)12-21)20(24-15-5-3-14(22)4-6-15)19(25-16)13-7-9-23-10-8-13;1-21(2)11-16-18(17(26)12-21)20(24-15-6-4-3-5-14(15)22)19(25-16)13-7-9-23-10-8-13/h3-11,25-27H,12-13H2,1-2H3;2*3-10,24-25H,11-12H2,1-2H3. The van der Waals surface area contributed by atoms with Crippen LogP contribution in [0.1, 0.15) is 109 Å². The number of nitrogens with zero attached hydrogens (tertiary/aromatic N) is 3. The number of carbonyl (C=O) groups excluding carboxylic acids is 3. The van der Waals surface area contributed by atoms with Crippen molar-refractivity contribution in [3.8, 4) is 33.8 Å². The van der Waals surface area contributed by atoms with Crippen LogP contribution in [0.15, 0.2) is 162 Å². The molecular weight excluding hydrogens is 1130 g/mol. The summed E-state index contributed by atoms with van der Waals surface area (Å²) >= 11 is 7.05. The van der Waals surface area contributed by atoms with E-state index in [9.17, 15) is 14.4 Å². The van der Waals surface area contributed by atoms with Crippen molar-refractivity contribution in [1.29, 1.82) is 0 Å². The topological polar surface area (TPSA) is 189 Å². The van der Waals surface area contributed by atoms with Gasteiger partial charge in [0.2, 0.25) is 0 Å². The molecule has 3 aliphatic carbocycles. The maximum absolute atomic E-state index is 13.1. The average molecular weight is 1190 g/mol. The lowest BCUT2D eigenvalue weighted by Crippen LogP contribution is -2.26. The summed E-state index contributed by atoms with van der Waals surface area (Å²) in [6.07, 6.45) is 16.8. The lowest BCUT2D eigenvalue weighted by atomic mass is 9.76. The van der Waals surface area contributed by atoms with Crippen LogP contribution in [0.25, 0.3) is 44.7 Å². The zero-order valence-corrected chi connectivity index (χ0v) is 48.7. The first kappa shape index (κ1) is 53.8. The quantitative estimate of drug-likeness (QED) is 0.0738. The first-order valence-electron chi connectivity index (χ1n) is 26.8. The van der Waals surface area contributed by atoms with Crippen molar-refractivity contribution in [3.63, 3.8) is 0 Å². The van der Waals surface area contributed by atoms with Gasteiger partial charge in [0, 0.05) is 128 Å². The average Bonchev–Trinajstić information content (AvgIpc) is 4.24. The number of anilines is 6. The van der Waals surface area contributed by atoms with E-state index in [4.69, 9.17) is 0 Å². The Balaban J connectivity index is 0.000000127. The zero-order valence-electron chi connectivity index (χ0n) is 45.5. The van der Waals surface area contributed by atoms with Crippen LogP contribution < -0.4 is 16.0 Å². The molecule has 0 spiro atoms. The van der Waals surface area contributed by atoms with E-state index < -0.39 is 0 Å². The van der Waals surface area contributed by atoms with Gasteiger partial charge in [0.05, 0.1) is 56.5 Å². The molecule has 7 N–H and O–H groups in total. The third-order valence-corrected chi connectivity index (χ3v) is 16.1. The summed E-state index contributed by atoms with van der Waals surface area (Å²) in [5, 5.41) is 11.6. The number of halogens is 2. The highest BCUT2D eigenvalue weighted by Gasteiger charge is 2.38. The van der Waals surface area contributed by atoms with E-state index in [0.717, 1.165) is 141 Å². The Bertz CT molecular complexity index is 3930. The number of hydrogen-bond acceptors (Lipinski definition) is 9. The molecule has 13 nitrogen and oxygen atoms in total. The van der Waals surface area contributed by atoms with Crippen molar-refractivity contribution in [3.05, 3.63) is 195 Å². The molecule has 0 saturated heterocycles. The Hall–Kier alpha value is -8.14. The second kappa shape index (κ2) is 21.8. The number of hydrogen-bond donors (Lipinski definition) is 7. The van der Waals surface area contributed by atoms with Gasteiger partial charge in [-0.1, -0.05) is 69.6 Å². The van der Waals surface area contributed by atoms with Crippen LogP contribution in [0.4, 0.5) is 34.1 Å². The van der Waals surface area contributed by atoms with Crippen molar-refractivity contribution >= 4 is 94.2 Å². The van der Waals surface area contributed by atoms with Gasteiger partial charge < -0.3 is 35.9 Å². The highest BCUT2D eigenvalue weighted by molar-refractivity contribution is 9.10. The molecule has 7 heterocycles. The van der Waals surface area contributed by atoms with Crippen LogP contribution in [-0.2, 0) is 19.3 Å². The molecule has 7 aromatic heterocycles. The molecule has 0 radical (unpaired) electrons. The Morgan fingerprint density at radius 1 is 0.450 bits per heavy atom. The molecule has 0 saturated carbocycles. The molecule has 0 aliphatic heterocycles. The fraction of sp³-hybridized carbons (Fsp3) is 0.231. The molecule has 3 aliphatic rings. The van der Waals surface area contributed by atoms with Crippen molar-refractivity contribution in [2.45, 2.75) is 80.1 Å². The maximum Gasteiger partial charge on any atom is 0.167 e. The first-order valence-corrected chi connectivity index (χ1v) is 28.4. The van der Waals surface area contributed by atoms with Crippen molar-refractivity contribution in [2.24, 2.45) is 16.2 Å². The summed E-state index contributed by atoms with van der Waals surface area (Å²) in [7, 11) is 0.